The van der Waals surface area contributed by atoms with Crippen LogP contribution in [0.5, 0.6) is 17.2 Å². The van der Waals surface area contributed by atoms with E-state index in [-0.39, 0.29) is 12.5 Å². The number of hydrogen-bond acceptors (Lipinski definition) is 7. The number of nitro benzene ring substituents is 1. The van der Waals surface area contributed by atoms with Gasteiger partial charge in [-0.2, -0.15) is 5.10 Å². The molecular weight excluding hydrogens is 302 g/mol. The average molecular weight is 315 g/mol. The lowest BCUT2D eigenvalue weighted by atomic mass is 10.2. The maximum atomic E-state index is 10.9. The molecule has 0 aliphatic carbocycles. The fourth-order valence-corrected chi connectivity index (χ4v) is 2.13. The topological polar surface area (TPSA) is 95.2 Å². The number of anilines is 1. The molecular formula is C15H13N3O5. The van der Waals surface area contributed by atoms with Gasteiger partial charge >= 0.3 is 0 Å². The van der Waals surface area contributed by atoms with E-state index in [9.17, 15) is 10.1 Å². The first kappa shape index (κ1) is 14.6. The Hall–Kier alpha value is -3.29. The van der Waals surface area contributed by atoms with Crippen molar-refractivity contribution in [2.45, 2.75) is 0 Å². The summed E-state index contributed by atoms with van der Waals surface area (Å²) in [6.45, 7) is 0.140. The van der Waals surface area contributed by atoms with Crippen molar-refractivity contribution < 1.29 is 19.1 Å². The maximum Gasteiger partial charge on any atom is 0.294 e. The second kappa shape index (κ2) is 6.22. The Kier molecular flexibility index (Phi) is 3.96. The minimum absolute atomic E-state index is 0.0482. The molecule has 1 heterocycles. The second-order valence-corrected chi connectivity index (χ2v) is 4.60. The standard InChI is InChI=1S/C15H13N3O5/c1-21-13-6-10(7-14-15(13)23-9-22-14)8-16-17-11-4-2-3-5-12(11)18(19)20/h2-8,17H,9H2,1H3/b16-8-. The zero-order valence-corrected chi connectivity index (χ0v) is 12.2. The molecule has 23 heavy (non-hydrogen) atoms. The van der Waals surface area contributed by atoms with Gasteiger partial charge in [0.2, 0.25) is 12.5 Å². The predicted octanol–water partition coefficient (Wildman–Crippen LogP) is 2.78. The molecule has 2 aromatic rings. The quantitative estimate of drug-likeness (QED) is 0.518. The van der Waals surface area contributed by atoms with Gasteiger partial charge in [-0.25, -0.2) is 0 Å². The lowest BCUT2D eigenvalue weighted by Gasteiger charge is -2.05. The van der Waals surface area contributed by atoms with Crippen LogP contribution in [0.1, 0.15) is 5.56 Å². The smallest absolute Gasteiger partial charge is 0.294 e. The number of nitro groups is 1. The first-order valence-electron chi connectivity index (χ1n) is 6.69. The molecule has 1 aliphatic heterocycles. The Morgan fingerprint density at radius 3 is 2.96 bits per heavy atom. The minimum atomic E-state index is -0.471. The highest BCUT2D eigenvalue weighted by molar-refractivity contribution is 5.83. The first-order chi connectivity index (χ1) is 11.2. The Labute approximate surface area is 131 Å². The van der Waals surface area contributed by atoms with E-state index in [2.05, 4.69) is 10.5 Å². The van der Waals surface area contributed by atoms with E-state index in [0.717, 1.165) is 0 Å². The molecule has 0 fully saturated rings. The van der Waals surface area contributed by atoms with Crippen LogP contribution in [-0.4, -0.2) is 25.0 Å². The maximum absolute atomic E-state index is 10.9. The van der Waals surface area contributed by atoms with Crippen LogP contribution in [0.4, 0.5) is 11.4 Å². The van der Waals surface area contributed by atoms with Gasteiger partial charge < -0.3 is 14.2 Å². The lowest BCUT2D eigenvalue weighted by Crippen LogP contribution is -1.96. The van der Waals surface area contributed by atoms with Crippen LogP contribution >= 0.6 is 0 Å². The second-order valence-electron chi connectivity index (χ2n) is 4.60. The summed E-state index contributed by atoms with van der Waals surface area (Å²) in [5.74, 6) is 1.65. The average Bonchev–Trinajstić information content (AvgIpc) is 3.03. The Balaban J connectivity index is 1.80. The summed E-state index contributed by atoms with van der Waals surface area (Å²) in [7, 11) is 1.53. The summed E-state index contributed by atoms with van der Waals surface area (Å²) in [5, 5.41) is 15.0. The van der Waals surface area contributed by atoms with Gasteiger partial charge in [0.05, 0.1) is 18.2 Å². The molecule has 0 aromatic heterocycles. The molecule has 8 heteroatoms. The van der Waals surface area contributed by atoms with Crippen molar-refractivity contribution in [2.75, 3.05) is 19.3 Å². The van der Waals surface area contributed by atoms with Gasteiger partial charge in [0, 0.05) is 11.6 Å². The van der Waals surface area contributed by atoms with Crippen LogP contribution in [0.3, 0.4) is 0 Å². The van der Waals surface area contributed by atoms with Crippen LogP contribution < -0.4 is 19.6 Å². The molecule has 1 aliphatic rings. The number of benzene rings is 2. The van der Waals surface area contributed by atoms with E-state index < -0.39 is 4.92 Å². The van der Waals surface area contributed by atoms with E-state index in [0.29, 0.717) is 28.5 Å². The normalized spacial score (nSPS) is 12.4. The van der Waals surface area contributed by atoms with Crippen molar-refractivity contribution in [2.24, 2.45) is 5.10 Å². The number of rotatable bonds is 5. The molecule has 8 nitrogen and oxygen atoms in total. The summed E-state index contributed by atoms with van der Waals surface area (Å²) < 4.78 is 15.9. The van der Waals surface area contributed by atoms with Gasteiger partial charge in [0.25, 0.3) is 5.69 Å². The van der Waals surface area contributed by atoms with Crippen molar-refractivity contribution >= 4 is 17.6 Å². The number of fused-ring (bicyclic) bond motifs is 1. The number of hydrogen-bond donors (Lipinski definition) is 1. The molecule has 0 amide bonds. The zero-order valence-electron chi connectivity index (χ0n) is 12.2. The van der Waals surface area contributed by atoms with Crippen LogP contribution in [-0.2, 0) is 0 Å². The van der Waals surface area contributed by atoms with Crippen molar-refractivity contribution in [1.82, 2.24) is 0 Å². The van der Waals surface area contributed by atoms with Gasteiger partial charge in [0.1, 0.15) is 5.69 Å². The Bertz CT molecular complexity index is 776. The van der Waals surface area contributed by atoms with Crippen molar-refractivity contribution in [3.05, 3.63) is 52.1 Å². The number of nitrogens with zero attached hydrogens (tertiary/aromatic N) is 2. The van der Waals surface area contributed by atoms with Gasteiger partial charge in [-0.05, 0) is 18.2 Å². The molecule has 0 atom stereocenters. The third kappa shape index (κ3) is 3.00. The van der Waals surface area contributed by atoms with E-state index in [1.807, 2.05) is 0 Å². The highest BCUT2D eigenvalue weighted by Gasteiger charge is 2.19. The van der Waals surface area contributed by atoms with Crippen LogP contribution in [0.25, 0.3) is 0 Å². The van der Waals surface area contributed by atoms with Crippen molar-refractivity contribution in [3.8, 4) is 17.2 Å². The minimum Gasteiger partial charge on any atom is -0.493 e. The monoisotopic (exact) mass is 315 g/mol. The van der Waals surface area contributed by atoms with Crippen LogP contribution in [0.15, 0.2) is 41.5 Å². The molecule has 1 N–H and O–H groups in total. The lowest BCUT2D eigenvalue weighted by molar-refractivity contribution is -0.384. The third-order valence-corrected chi connectivity index (χ3v) is 3.18. The van der Waals surface area contributed by atoms with E-state index in [4.69, 9.17) is 14.2 Å². The molecule has 2 aromatic carbocycles. The molecule has 3 rings (SSSR count). The molecule has 0 bridgehead atoms. The highest BCUT2D eigenvalue weighted by atomic mass is 16.7. The first-order valence-corrected chi connectivity index (χ1v) is 6.69. The number of nitrogens with one attached hydrogen (secondary N) is 1. The van der Waals surface area contributed by atoms with Gasteiger partial charge in [-0.1, -0.05) is 12.1 Å². The van der Waals surface area contributed by atoms with Crippen LogP contribution in [0, 0.1) is 10.1 Å². The van der Waals surface area contributed by atoms with Gasteiger partial charge in [-0.15, -0.1) is 0 Å². The molecule has 0 saturated carbocycles. The SMILES string of the molecule is COc1cc(/C=N\Nc2ccccc2[N+](=O)[O-])cc2c1OCO2. The summed E-state index contributed by atoms with van der Waals surface area (Å²) in [6.07, 6.45) is 1.52. The van der Waals surface area contributed by atoms with Crippen molar-refractivity contribution in [1.29, 1.82) is 0 Å². The molecule has 0 spiro atoms. The molecule has 0 radical (unpaired) electrons. The summed E-state index contributed by atoms with van der Waals surface area (Å²) in [4.78, 5) is 10.5. The highest BCUT2D eigenvalue weighted by Crippen LogP contribution is 2.41. The largest absolute Gasteiger partial charge is 0.493 e. The molecule has 118 valence electrons. The van der Waals surface area contributed by atoms with Crippen molar-refractivity contribution in [3.63, 3.8) is 0 Å². The summed E-state index contributed by atoms with van der Waals surface area (Å²) in [5.41, 5.74) is 3.63. The fourth-order valence-electron chi connectivity index (χ4n) is 2.13. The Morgan fingerprint density at radius 1 is 1.35 bits per heavy atom. The number of para-hydroxylation sites is 2. The van der Waals surface area contributed by atoms with E-state index in [1.165, 1.54) is 19.4 Å². The summed E-state index contributed by atoms with van der Waals surface area (Å²) in [6, 6.07) is 9.74. The number of ether oxygens (including phenoxy) is 3. The predicted molar refractivity (Wildman–Crippen MR) is 83.4 cm³/mol. The van der Waals surface area contributed by atoms with E-state index >= 15 is 0 Å². The van der Waals surface area contributed by atoms with Gasteiger partial charge in [-0.3, -0.25) is 15.5 Å². The summed E-state index contributed by atoms with van der Waals surface area (Å²) >= 11 is 0. The third-order valence-electron chi connectivity index (χ3n) is 3.18. The zero-order chi connectivity index (χ0) is 16.2. The van der Waals surface area contributed by atoms with Crippen LogP contribution in [0.2, 0.25) is 0 Å². The number of methoxy groups -OCH3 is 1. The molecule has 0 saturated heterocycles. The van der Waals surface area contributed by atoms with E-state index in [1.54, 1.807) is 30.3 Å². The fraction of sp³-hybridized carbons (Fsp3) is 0.133. The number of hydrazone groups is 1. The van der Waals surface area contributed by atoms with Gasteiger partial charge in [0.15, 0.2) is 11.5 Å². The Morgan fingerprint density at radius 2 is 2.17 bits per heavy atom. The molecule has 0 unspecified atom stereocenters.